The molecule has 1 aromatic carbocycles. The van der Waals surface area contributed by atoms with E-state index in [1.165, 1.54) is 17.3 Å². The number of amides is 1. The number of thiocarbonyl (C=S) groups is 1. The van der Waals surface area contributed by atoms with Gasteiger partial charge >= 0.3 is 0 Å². The zero-order chi connectivity index (χ0) is 15.9. The van der Waals surface area contributed by atoms with Gasteiger partial charge in [-0.3, -0.25) is 9.47 Å². The first-order chi connectivity index (χ1) is 10.5. The fraction of sp³-hybridized carbons (Fsp3) is 0.176. The molecule has 0 unspecified atom stereocenters. The third-order valence-electron chi connectivity index (χ3n) is 3.58. The first-order valence-corrected chi connectivity index (χ1v) is 8.20. The summed E-state index contributed by atoms with van der Waals surface area (Å²) in [6.45, 7) is 5.98. The minimum Gasteiger partial charge on any atom is -0.266 e. The molecular formula is C17H16N2OS2. The highest BCUT2D eigenvalue weighted by Crippen LogP contribution is 2.32. The lowest BCUT2D eigenvalue weighted by Crippen LogP contribution is -2.39. The molecule has 0 radical (unpaired) electrons. The van der Waals surface area contributed by atoms with Crippen LogP contribution in [0.2, 0.25) is 0 Å². The van der Waals surface area contributed by atoms with E-state index < -0.39 is 0 Å². The van der Waals surface area contributed by atoms with Crippen molar-refractivity contribution in [2.45, 2.75) is 20.8 Å². The molecule has 2 heterocycles. The predicted octanol–water partition coefficient (Wildman–Crippen LogP) is 3.95. The van der Waals surface area contributed by atoms with Crippen LogP contribution in [0, 0.1) is 20.8 Å². The second kappa shape index (κ2) is 5.74. The Bertz CT molecular complexity index is 768. The van der Waals surface area contributed by atoms with Gasteiger partial charge in [-0.2, -0.15) is 5.01 Å². The Labute approximate surface area is 139 Å². The van der Waals surface area contributed by atoms with Crippen molar-refractivity contribution in [3.8, 4) is 0 Å². The Morgan fingerprint density at radius 1 is 1.00 bits per heavy atom. The Kier molecular flexibility index (Phi) is 3.93. The van der Waals surface area contributed by atoms with Crippen LogP contribution in [0.25, 0.3) is 6.08 Å². The molecule has 1 amide bonds. The van der Waals surface area contributed by atoms with Crippen molar-refractivity contribution in [3.05, 3.63) is 63.8 Å². The molecule has 1 fully saturated rings. The van der Waals surface area contributed by atoms with Crippen molar-refractivity contribution in [2.75, 3.05) is 5.01 Å². The highest BCUT2D eigenvalue weighted by molar-refractivity contribution is 8.27. The van der Waals surface area contributed by atoms with Crippen molar-refractivity contribution >= 4 is 40.3 Å². The normalized spacial score (nSPS) is 16.9. The van der Waals surface area contributed by atoms with E-state index in [1.54, 1.807) is 5.01 Å². The summed E-state index contributed by atoms with van der Waals surface area (Å²) in [5, 5.41) is 1.57. The molecule has 0 atom stereocenters. The topological polar surface area (TPSA) is 25.2 Å². The van der Waals surface area contributed by atoms with Crippen LogP contribution in [0.15, 0.2) is 41.3 Å². The van der Waals surface area contributed by atoms with Crippen LogP contribution in [0.1, 0.15) is 22.5 Å². The van der Waals surface area contributed by atoms with Gasteiger partial charge in [0.2, 0.25) is 0 Å². The van der Waals surface area contributed by atoms with Crippen LogP contribution in [0.5, 0.6) is 0 Å². The maximum atomic E-state index is 12.7. The summed E-state index contributed by atoms with van der Waals surface area (Å²) in [5.74, 6) is -0.0713. The van der Waals surface area contributed by atoms with E-state index >= 15 is 0 Å². The Hall–Kier alpha value is -1.85. The van der Waals surface area contributed by atoms with Crippen LogP contribution in [-0.4, -0.2) is 14.9 Å². The zero-order valence-electron chi connectivity index (χ0n) is 12.7. The number of rotatable bonds is 2. The van der Waals surface area contributed by atoms with E-state index in [1.807, 2.05) is 67.9 Å². The molecule has 0 bridgehead atoms. The second-order valence-electron chi connectivity index (χ2n) is 5.33. The monoisotopic (exact) mass is 328 g/mol. The third kappa shape index (κ3) is 2.62. The predicted molar refractivity (Wildman–Crippen MR) is 96.5 cm³/mol. The minimum absolute atomic E-state index is 0.0713. The highest BCUT2D eigenvalue weighted by atomic mass is 32.2. The van der Waals surface area contributed by atoms with Crippen LogP contribution in [-0.2, 0) is 4.79 Å². The maximum absolute atomic E-state index is 12.7. The molecule has 5 heteroatoms. The van der Waals surface area contributed by atoms with Crippen LogP contribution < -0.4 is 5.01 Å². The Morgan fingerprint density at radius 3 is 2.18 bits per heavy atom. The lowest BCUT2D eigenvalue weighted by atomic mass is 10.1. The number of nitrogens with zero attached hydrogens (tertiary/aromatic N) is 2. The fourth-order valence-electron chi connectivity index (χ4n) is 2.42. The Balaban J connectivity index is 1.96. The molecule has 0 N–H and O–H groups in total. The van der Waals surface area contributed by atoms with Crippen LogP contribution >= 0.6 is 24.0 Å². The van der Waals surface area contributed by atoms with Crippen molar-refractivity contribution in [3.63, 3.8) is 0 Å². The largest absolute Gasteiger partial charge is 0.285 e. The SMILES string of the molecule is Cc1ccc(/C=C2/SC(=S)N(n3c(C)ccc3C)C2=O)cc1. The van der Waals surface area contributed by atoms with Gasteiger partial charge in [0, 0.05) is 11.4 Å². The van der Waals surface area contributed by atoms with E-state index in [2.05, 4.69) is 0 Å². The van der Waals surface area contributed by atoms with E-state index in [0.29, 0.717) is 9.23 Å². The second-order valence-corrected chi connectivity index (χ2v) is 7.01. The molecule has 3 rings (SSSR count). The van der Waals surface area contributed by atoms with Gasteiger partial charge in [-0.1, -0.05) is 41.6 Å². The average molecular weight is 328 g/mol. The quantitative estimate of drug-likeness (QED) is 0.616. The number of carbonyl (C=O) groups excluding carboxylic acids is 1. The molecule has 1 aromatic heterocycles. The molecular weight excluding hydrogens is 312 g/mol. The van der Waals surface area contributed by atoms with Crippen LogP contribution in [0.4, 0.5) is 0 Å². The number of thioether (sulfide) groups is 1. The zero-order valence-corrected chi connectivity index (χ0v) is 14.3. The minimum atomic E-state index is -0.0713. The molecule has 1 aliphatic rings. The van der Waals surface area contributed by atoms with Gasteiger partial charge in [0.15, 0.2) is 4.32 Å². The number of aromatic nitrogens is 1. The van der Waals surface area contributed by atoms with Gasteiger partial charge in [0.05, 0.1) is 4.91 Å². The first kappa shape index (κ1) is 15.1. The summed E-state index contributed by atoms with van der Waals surface area (Å²) < 4.78 is 2.43. The molecule has 0 aliphatic carbocycles. The molecule has 0 spiro atoms. The molecule has 1 saturated heterocycles. The highest BCUT2D eigenvalue weighted by Gasteiger charge is 2.34. The van der Waals surface area contributed by atoms with E-state index in [9.17, 15) is 4.79 Å². The lowest BCUT2D eigenvalue weighted by Gasteiger charge is -2.20. The van der Waals surface area contributed by atoms with Crippen molar-refractivity contribution < 1.29 is 4.79 Å². The fourth-order valence-corrected chi connectivity index (χ4v) is 3.66. The average Bonchev–Trinajstić information content (AvgIpc) is 2.94. The summed E-state index contributed by atoms with van der Waals surface area (Å²) in [6, 6.07) is 12.1. The summed E-state index contributed by atoms with van der Waals surface area (Å²) in [7, 11) is 0. The molecule has 0 saturated carbocycles. The van der Waals surface area contributed by atoms with Gasteiger partial charge in [0.25, 0.3) is 5.91 Å². The molecule has 1 aliphatic heterocycles. The van der Waals surface area contributed by atoms with Gasteiger partial charge < -0.3 is 0 Å². The van der Waals surface area contributed by atoms with Crippen molar-refractivity contribution in [2.24, 2.45) is 0 Å². The standard InChI is InChI=1S/C17H16N2OS2/c1-11-4-8-14(9-5-11)10-15-16(20)19(17(21)22-15)18-12(2)6-7-13(18)3/h4-10H,1-3H3/b15-10+. The van der Waals surface area contributed by atoms with E-state index in [4.69, 9.17) is 12.2 Å². The van der Waals surface area contributed by atoms with Gasteiger partial charge in [0.1, 0.15) is 0 Å². The molecule has 112 valence electrons. The summed E-state index contributed by atoms with van der Waals surface area (Å²) in [6.07, 6.45) is 1.90. The van der Waals surface area contributed by atoms with E-state index in [0.717, 1.165) is 17.0 Å². The first-order valence-electron chi connectivity index (χ1n) is 6.97. The van der Waals surface area contributed by atoms with Crippen molar-refractivity contribution in [1.82, 2.24) is 4.68 Å². The molecule has 22 heavy (non-hydrogen) atoms. The number of hydrogen-bond acceptors (Lipinski definition) is 3. The maximum Gasteiger partial charge on any atom is 0.285 e. The number of carbonyl (C=O) groups is 1. The van der Waals surface area contributed by atoms with E-state index in [-0.39, 0.29) is 5.91 Å². The van der Waals surface area contributed by atoms with Gasteiger partial charge in [-0.15, -0.1) is 0 Å². The molecule has 2 aromatic rings. The smallest absolute Gasteiger partial charge is 0.266 e. The summed E-state index contributed by atoms with van der Waals surface area (Å²) in [4.78, 5) is 13.4. The third-order valence-corrected chi connectivity index (χ3v) is 4.87. The summed E-state index contributed by atoms with van der Waals surface area (Å²) >= 11 is 6.75. The number of benzene rings is 1. The Morgan fingerprint density at radius 2 is 1.59 bits per heavy atom. The van der Waals surface area contributed by atoms with Gasteiger partial charge in [-0.05, 0) is 56.8 Å². The van der Waals surface area contributed by atoms with Crippen molar-refractivity contribution in [1.29, 1.82) is 0 Å². The molecule has 3 nitrogen and oxygen atoms in total. The summed E-state index contributed by atoms with van der Waals surface area (Å²) in [5.41, 5.74) is 4.19. The lowest BCUT2D eigenvalue weighted by molar-refractivity contribution is -0.114. The number of aryl methyl sites for hydroxylation is 3. The number of hydrogen-bond donors (Lipinski definition) is 0. The van der Waals surface area contributed by atoms with Crippen LogP contribution in [0.3, 0.4) is 0 Å². The van der Waals surface area contributed by atoms with Gasteiger partial charge in [-0.25, -0.2) is 0 Å².